The molecule has 0 bridgehead atoms. The fourth-order valence-electron chi connectivity index (χ4n) is 2.85. The molecule has 1 aromatic carbocycles. The monoisotopic (exact) mass is 258 g/mol. The van der Waals surface area contributed by atoms with E-state index in [9.17, 15) is 4.79 Å². The van der Waals surface area contributed by atoms with E-state index in [1.807, 2.05) is 17.0 Å². The molecule has 102 valence electrons. The Labute approximate surface area is 114 Å². The molecule has 2 aliphatic rings. The molecule has 1 amide bonds. The lowest BCUT2D eigenvalue weighted by atomic mass is 10.0. The molecule has 0 spiro atoms. The number of amides is 1. The van der Waals surface area contributed by atoms with E-state index >= 15 is 0 Å². The fraction of sp³-hybridized carbons (Fsp3) is 0.562. The summed E-state index contributed by atoms with van der Waals surface area (Å²) in [5, 5.41) is 0. The molecule has 0 aromatic heterocycles. The Balaban J connectivity index is 1.63. The summed E-state index contributed by atoms with van der Waals surface area (Å²) in [5.41, 5.74) is 8.59. The molecule has 0 unspecified atom stereocenters. The third-order valence-electron chi connectivity index (χ3n) is 4.25. The highest BCUT2D eigenvalue weighted by Crippen LogP contribution is 2.35. The van der Waals surface area contributed by atoms with Crippen LogP contribution in [0, 0.1) is 0 Å². The lowest BCUT2D eigenvalue weighted by Crippen LogP contribution is -2.29. The van der Waals surface area contributed by atoms with Gasteiger partial charge in [-0.25, -0.2) is 0 Å². The highest BCUT2D eigenvalue weighted by molar-refractivity contribution is 5.79. The van der Waals surface area contributed by atoms with Crippen molar-refractivity contribution in [2.45, 2.75) is 44.1 Å². The van der Waals surface area contributed by atoms with Crippen LogP contribution in [0.1, 0.15) is 36.8 Å². The van der Waals surface area contributed by atoms with Crippen LogP contribution in [-0.4, -0.2) is 29.4 Å². The summed E-state index contributed by atoms with van der Waals surface area (Å²) in [5.74, 6) is 0.267. The maximum absolute atomic E-state index is 12.1. The lowest BCUT2D eigenvalue weighted by Gasteiger charge is -2.15. The third kappa shape index (κ3) is 3.16. The molecule has 1 heterocycles. The summed E-state index contributed by atoms with van der Waals surface area (Å²) >= 11 is 0. The molecule has 0 atom stereocenters. The number of hydrogen-bond acceptors (Lipinski definition) is 2. The summed E-state index contributed by atoms with van der Waals surface area (Å²) in [4.78, 5) is 14.1. The number of nitrogens with zero attached hydrogens (tertiary/aromatic N) is 1. The van der Waals surface area contributed by atoms with Crippen molar-refractivity contribution >= 4 is 5.91 Å². The molecular weight excluding hydrogens is 236 g/mol. The van der Waals surface area contributed by atoms with Crippen molar-refractivity contribution in [1.82, 2.24) is 4.90 Å². The highest BCUT2D eigenvalue weighted by atomic mass is 16.2. The van der Waals surface area contributed by atoms with Gasteiger partial charge in [-0.2, -0.15) is 0 Å². The van der Waals surface area contributed by atoms with E-state index in [0.29, 0.717) is 6.42 Å². The van der Waals surface area contributed by atoms with Gasteiger partial charge in [0.05, 0.1) is 6.42 Å². The van der Waals surface area contributed by atoms with Crippen molar-refractivity contribution in [1.29, 1.82) is 0 Å². The van der Waals surface area contributed by atoms with Gasteiger partial charge in [0.2, 0.25) is 5.91 Å². The topological polar surface area (TPSA) is 46.3 Å². The molecule has 3 heteroatoms. The number of hydrogen-bond donors (Lipinski definition) is 1. The zero-order chi connectivity index (χ0) is 13.3. The molecule has 19 heavy (non-hydrogen) atoms. The highest BCUT2D eigenvalue weighted by Gasteiger charge is 2.37. The first-order valence-corrected chi connectivity index (χ1v) is 7.29. The Hall–Kier alpha value is -1.35. The van der Waals surface area contributed by atoms with Gasteiger partial charge in [0.25, 0.3) is 0 Å². The second-order valence-electron chi connectivity index (χ2n) is 6.12. The predicted octanol–water partition coefficient (Wildman–Crippen LogP) is 1.89. The number of rotatable bonds is 4. The minimum absolute atomic E-state index is 0.0393. The van der Waals surface area contributed by atoms with Crippen LogP contribution < -0.4 is 5.73 Å². The van der Waals surface area contributed by atoms with Crippen LogP contribution in [0.3, 0.4) is 0 Å². The molecule has 0 radical (unpaired) electrons. The van der Waals surface area contributed by atoms with Crippen molar-refractivity contribution in [3.8, 4) is 0 Å². The molecule has 1 aromatic rings. The lowest BCUT2D eigenvalue weighted by molar-refractivity contribution is -0.129. The van der Waals surface area contributed by atoms with E-state index in [1.54, 1.807) is 0 Å². The summed E-state index contributed by atoms with van der Waals surface area (Å²) in [6, 6.07) is 8.37. The smallest absolute Gasteiger partial charge is 0.226 e. The summed E-state index contributed by atoms with van der Waals surface area (Å²) in [7, 11) is 0. The van der Waals surface area contributed by atoms with Crippen molar-refractivity contribution in [2.24, 2.45) is 5.73 Å². The number of carbonyl (C=O) groups excluding carboxylic acids is 1. The normalized spacial score (nSPS) is 20.6. The van der Waals surface area contributed by atoms with Gasteiger partial charge >= 0.3 is 0 Å². The van der Waals surface area contributed by atoms with Gasteiger partial charge in [-0.05, 0) is 43.2 Å². The molecule has 2 N–H and O–H groups in total. The maximum atomic E-state index is 12.1. The zero-order valence-electron chi connectivity index (χ0n) is 11.4. The Morgan fingerprint density at radius 1 is 1.21 bits per heavy atom. The maximum Gasteiger partial charge on any atom is 0.226 e. The van der Waals surface area contributed by atoms with Crippen LogP contribution in [-0.2, 0) is 17.6 Å². The first-order chi connectivity index (χ1) is 9.15. The summed E-state index contributed by atoms with van der Waals surface area (Å²) in [6.07, 6.45) is 6.04. The van der Waals surface area contributed by atoms with E-state index in [1.165, 1.54) is 5.56 Å². The van der Waals surface area contributed by atoms with E-state index in [4.69, 9.17) is 5.73 Å². The SMILES string of the molecule is NC1(Cc2cccc(CC(=O)N3CCCC3)c2)CC1. The Morgan fingerprint density at radius 2 is 1.89 bits per heavy atom. The van der Waals surface area contributed by atoms with E-state index in [0.717, 1.165) is 50.8 Å². The van der Waals surface area contributed by atoms with Crippen LogP contribution in [0.4, 0.5) is 0 Å². The first kappa shape index (κ1) is 12.7. The van der Waals surface area contributed by atoms with Crippen molar-refractivity contribution in [2.75, 3.05) is 13.1 Å². The van der Waals surface area contributed by atoms with Crippen LogP contribution in [0.15, 0.2) is 24.3 Å². The molecule has 1 saturated carbocycles. The Morgan fingerprint density at radius 3 is 2.58 bits per heavy atom. The largest absolute Gasteiger partial charge is 0.342 e. The second-order valence-corrected chi connectivity index (χ2v) is 6.12. The average molecular weight is 258 g/mol. The van der Waals surface area contributed by atoms with Gasteiger partial charge in [-0.15, -0.1) is 0 Å². The van der Waals surface area contributed by atoms with Gasteiger partial charge < -0.3 is 10.6 Å². The summed E-state index contributed by atoms with van der Waals surface area (Å²) in [6.45, 7) is 1.87. The minimum atomic E-state index is 0.0393. The van der Waals surface area contributed by atoms with Crippen LogP contribution in [0.2, 0.25) is 0 Å². The van der Waals surface area contributed by atoms with Crippen molar-refractivity contribution in [3.63, 3.8) is 0 Å². The van der Waals surface area contributed by atoms with Gasteiger partial charge in [-0.1, -0.05) is 24.3 Å². The van der Waals surface area contributed by atoms with E-state index in [2.05, 4.69) is 12.1 Å². The molecule has 1 saturated heterocycles. The number of benzene rings is 1. The van der Waals surface area contributed by atoms with Gasteiger partial charge in [0.1, 0.15) is 0 Å². The molecule has 1 aliphatic heterocycles. The van der Waals surface area contributed by atoms with E-state index < -0.39 is 0 Å². The minimum Gasteiger partial charge on any atom is -0.342 e. The van der Waals surface area contributed by atoms with Crippen LogP contribution in [0.25, 0.3) is 0 Å². The quantitative estimate of drug-likeness (QED) is 0.896. The standard InChI is InChI=1S/C16H22N2O/c17-16(6-7-16)12-14-5-3-4-13(10-14)11-15(19)18-8-1-2-9-18/h3-5,10H,1-2,6-9,11-12,17H2. The predicted molar refractivity (Wildman–Crippen MR) is 75.8 cm³/mol. The fourth-order valence-corrected chi connectivity index (χ4v) is 2.85. The van der Waals surface area contributed by atoms with Crippen LogP contribution in [0.5, 0.6) is 0 Å². The molecule has 2 fully saturated rings. The van der Waals surface area contributed by atoms with Gasteiger partial charge in [0, 0.05) is 18.6 Å². The van der Waals surface area contributed by atoms with Crippen molar-refractivity contribution in [3.05, 3.63) is 35.4 Å². The third-order valence-corrected chi connectivity index (χ3v) is 4.25. The Bertz CT molecular complexity index is 473. The Kier molecular flexibility index (Phi) is 3.31. The van der Waals surface area contributed by atoms with Gasteiger partial charge in [0.15, 0.2) is 0 Å². The van der Waals surface area contributed by atoms with E-state index in [-0.39, 0.29) is 11.4 Å². The molecule has 3 nitrogen and oxygen atoms in total. The number of nitrogens with two attached hydrogens (primary N) is 1. The number of carbonyl (C=O) groups is 1. The first-order valence-electron chi connectivity index (χ1n) is 7.29. The molecular formula is C16H22N2O. The van der Waals surface area contributed by atoms with Gasteiger partial charge in [-0.3, -0.25) is 4.79 Å². The molecule has 3 rings (SSSR count). The number of likely N-dealkylation sites (tertiary alicyclic amines) is 1. The van der Waals surface area contributed by atoms with Crippen LogP contribution >= 0.6 is 0 Å². The second kappa shape index (κ2) is 4.97. The average Bonchev–Trinajstić information content (AvgIpc) is 2.92. The molecule has 1 aliphatic carbocycles. The zero-order valence-corrected chi connectivity index (χ0v) is 11.4. The summed E-state index contributed by atoms with van der Waals surface area (Å²) < 4.78 is 0. The van der Waals surface area contributed by atoms with Crippen molar-refractivity contribution < 1.29 is 4.79 Å².